The molecule has 0 bridgehead atoms. The lowest BCUT2D eigenvalue weighted by Gasteiger charge is -2.21. The molecule has 0 aromatic rings. The molecule has 0 aliphatic heterocycles. The van der Waals surface area contributed by atoms with Crippen molar-refractivity contribution in [1.82, 2.24) is 0 Å². The highest BCUT2D eigenvalue weighted by atomic mass is 31.2. The fourth-order valence-corrected chi connectivity index (χ4v) is 12.1. The van der Waals surface area contributed by atoms with Gasteiger partial charge in [0.1, 0.15) is 19.3 Å². The lowest BCUT2D eigenvalue weighted by Crippen LogP contribution is -2.30. The molecule has 3 N–H and O–H groups in total. The van der Waals surface area contributed by atoms with E-state index in [9.17, 15) is 43.2 Å². The first kappa shape index (κ1) is 97.7. The molecule has 2 unspecified atom stereocenters. The molecular weight excluding hydrogens is 1330 g/mol. The third kappa shape index (κ3) is 74.0. The lowest BCUT2D eigenvalue weighted by atomic mass is 10.1. The number of phosphoric acid groups is 2. The summed E-state index contributed by atoms with van der Waals surface area (Å²) < 4.78 is 68.5. The second kappa shape index (κ2) is 75.0. The van der Waals surface area contributed by atoms with Crippen LogP contribution in [-0.4, -0.2) is 96.7 Å². The van der Waals surface area contributed by atoms with Crippen LogP contribution in [0.3, 0.4) is 0 Å². The number of esters is 4. The maximum atomic E-state index is 13.1. The Bertz CT molecular complexity index is 2360. The van der Waals surface area contributed by atoms with Crippen LogP contribution in [0.25, 0.3) is 0 Å². The first-order valence-electron chi connectivity index (χ1n) is 40.1. The van der Waals surface area contributed by atoms with Gasteiger partial charge in [-0.15, -0.1) is 0 Å². The van der Waals surface area contributed by atoms with E-state index < -0.39 is 97.5 Å². The van der Waals surface area contributed by atoms with Gasteiger partial charge in [0.05, 0.1) is 26.4 Å². The second-order valence-corrected chi connectivity index (χ2v) is 29.6. The van der Waals surface area contributed by atoms with Crippen molar-refractivity contribution in [2.24, 2.45) is 0 Å². The summed E-state index contributed by atoms with van der Waals surface area (Å²) in [6.07, 6.45) is 80.7. The number of ether oxygens (including phenoxy) is 4. The predicted octanol–water partition coefficient (Wildman–Crippen LogP) is 23.3. The zero-order chi connectivity index (χ0) is 74.6. The average Bonchev–Trinajstić information content (AvgIpc) is 0.917. The summed E-state index contributed by atoms with van der Waals surface area (Å²) in [4.78, 5) is 73.0. The van der Waals surface area contributed by atoms with Gasteiger partial charge in [-0.2, -0.15) is 0 Å². The topological polar surface area (TPSA) is 237 Å². The molecule has 0 aromatic heterocycles. The monoisotopic (exact) mass is 1470 g/mol. The average molecular weight is 1480 g/mol. The Morgan fingerprint density at radius 3 is 0.873 bits per heavy atom. The van der Waals surface area contributed by atoms with Crippen molar-refractivity contribution in [2.75, 3.05) is 39.6 Å². The van der Waals surface area contributed by atoms with Gasteiger partial charge >= 0.3 is 39.5 Å². The smallest absolute Gasteiger partial charge is 0.462 e. The molecule has 0 spiro atoms. The number of rotatable bonds is 75. The molecule has 0 fully saturated rings. The van der Waals surface area contributed by atoms with Gasteiger partial charge in [-0.25, -0.2) is 9.13 Å². The number of carbonyl (C=O) groups is 4. The molecule has 0 heterocycles. The zero-order valence-electron chi connectivity index (χ0n) is 64.3. The molecular formula is C83H144O17P2. The number of carbonyl (C=O) groups excluding carboxylic acids is 4. The Morgan fingerprint density at radius 1 is 0.284 bits per heavy atom. The van der Waals surface area contributed by atoms with Crippen molar-refractivity contribution < 1.29 is 80.2 Å². The van der Waals surface area contributed by atoms with Gasteiger partial charge in [-0.3, -0.25) is 37.3 Å². The van der Waals surface area contributed by atoms with Crippen molar-refractivity contribution in [3.8, 4) is 0 Å². The van der Waals surface area contributed by atoms with Crippen LogP contribution in [0, 0.1) is 0 Å². The van der Waals surface area contributed by atoms with E-state index in [1.807, 2.05) is 12.2 Å². The van der Waals surface area contributed by atoms with Crippen molar-refractivity contribution in [3.63, 3.8) is 0 Å². The normalized spacial score (nSPS) is 14.5. The van der Waals surface area contributed by atoms with E-state index in [-0.39, 0.29) is 25.7 Å². The van der Waals surface area contributed by atoms with Crippen LogP contribution < -0.4 is 0 Å². The molecule has 0 aliphatic carbocycles. The molecule has 0 saturated carbocycles. The highest BCUT2D eigenvalue weighted by molar-refractivity contribution is 7.47. The minimum Gasteiger partial charge on any atom is -0.462 e. The van der Waals surface area contributed by atoms with Crippen LogP contribution in [0.15, 0.2) is 109 Å². The highest BCUT2D eigenvalue weighted by Gasteiger charge is 2.30. The van der Waals surface area contributed by atoms with E-state index in [4.69, 9.17) is 37.0 Å². The molecule has 5 atom stereocenters. The minimum atomic E-state index is -5.00. The van der Waals surface area contributed by atoms with Crippen LogP contribution in [0.5, 0.6) is 0 Å². The third-order valence-electron chi connectivity index (χ3n) is 16.7. The summed E-state index contributed by atoms with van der Waals surface area (Å²) in [5, 5.41) is 10.6. The van der Waals surface area contributed by atoms with Gasteiger partial charge in [0.2, 0.25) is 0 Å². The number of aliphatic hydroxyl groups is 1. The summed E-state index contributed by atoms with van der Waals surface area (Å²) in [5.41, 5.74) is 0. The number of phosphoric ester groups is 2. The summed E-state index contributed by atoms with van der Waals surface area (Å²) in [5.74, 6) is -2.27. The fraction of sp³-hybridized carbons (Fsp3) is 0.735. The van der Waals surface area contributed by atoms with E-state index in [2.05, 4.69) is 125 Å². The van der Waals surface area contributed by atoms with E-state index in [1.165, 1.54) is 103 Å². The van der Waals surface area contributed by atoms with Crippen molar-refractivity contribution in [3.05, 3.63) is 109 Å². The van der Waals surface area contributed by atoms with Crippen molar-refractivity contribution >= 4 is 39.5 Å². The molecule has 0 amide bonds. The largest absolute Gasteiger partial charge is 0.472 e. The van der Waals surface area contributed by atoms with E-state index >= 15 is 0 Å². The molecule has 102 heavy (non-hydrogen) atoms. The number of unbranched alkanes of at least 4 members (excludes halogenated alkanes) is 32. The van der Waals surface area contributed by atoms with Gasteiger partial charge in [-0.05, 0) is 148 Å². The van der Waals surface area contributed by atoms with Crippen LogP contribution in [0.1, 0.15) is 336 Å². The van der Waals surface area contributed by atoms with Gasteiger partial charge < -0.3 is 33.8 Å². The minimum absolute atomic E-state index is 0.0147. The summed E-state index contributed by atoms with van der Waals surface area (Å²) in [6, 6.07) is 0. The number of aliphatic hydroxyl groups excluding tert-OH is 1. The molecule has 19 heteroatoms. The Hall–Kier alpha value is -4.28. The maximum absolute atomic E-state index is 13.1. The Kier molecular flexibility index (Phi) is 71.8. The number of hydrogen-bond donors (Lipinski definition) is 3. The van der Waals surface area contributed by atoms with Crippen LogP contribution in [-0.2, 0) is 65.4 Å². The van der Waals surface area contributed by atoms with Crippen LogP contribution >= 0.6 is 15.6 Å². The first-order chi connectivity index (χ1) is 49.7. The molecule has 0 aliphatic rings. The van der Waals surface area contributed by atoms with Gasteiger partial charge in [0.15, 0.2) is 12.2 Å². The summed E-state index contributed by atoms with van der Waals surface area (Å²) in [6.45, 7) is 4.72. The second-order valence-electron chi connectivity index (χ2n) is 26.7. The highest BCUT2D eigenvalue weighted by Crippen LogP contribution is 2.45. The Morgan fingerprint density at radius 2 is 0.520 bits per heavy atom. The van der Waals surface area contributed by atoms with E-state index in [1.54, 1.807) is 0 Å². The van der Waals surface area contributed by atoms with E-state index in [0.29, 0.717) is 32.1 Å². The van der Waals surface area contributed by atoms with Crippen LogP contribution in [0.4, 0.5) is 0 Å². The summed E-state index contributed by atoms with van der Waals surface area (Å²) in [7, 11) is -9.98. The Balaban J connectivity index is 5.44. The fourth-order valence-electron chi connectivity index (χ4n) is 10.5. The van der Waals surface area contributed by atoms with Crippen LogP contribution in [0.2, 0.25) is 0 Å². The van der Waals surface area contributed by atoms with Crippen molar-refractivity contribution in [1.29, 1.82) is 0 Å². The number of hydrogen-bond acceptors (Lipinski definition) is 15. The first-order valence-corrected chi connectivity index (χ1v) is 43.1. The molecule has 0 aromatic carbocycles. The lowest BCUT2D eigenvalue weighted by molar-refractivity contribution is -0.161. The third-order valence-corrected chi connectivity index (χ3v) is 18.6. The predicted molar refractivity (Wildman–Crippen MR) is 418 cm³/mol. The SMILES string of the molecule is CCCCC/C=C\C/C=C\C/C=C\C/C=C\CCCC(=O)O[C@H](COC(=O)CCCCCCC/C=C\C/C=C\CCCCC)COP(=O)(O)OC[C@H](O)COP(=O)(O)OC[C@@H](COC(=O)CCCCCCC/C=C\CCCCCCCC)OC(=O)CCCCCCC/C=C\C=C/CCCCCC. The van der Waals surface area contributed by atoms with Gasteiger partial charge in [-0.1, -0.05) is 272 Å². The standard InChI is InChI=1S/C83H144O17P2/c1-5-9-13-17-21-25-29-33-37-38-42-46-50-54-58-62-66-70-83(88)100-79(74-94-81(86)68-64-60-56-52-48-44-40-35-31-27-23-19-15-11-7-3)76-98-102(91,92)96-72-77(84)71-95-101(89,90)97-75-78(99-82(87)69-65-61-57-53-49-45-41-36-32-28-24-20-16-12-8-4)73-93-80(85)67-63-59-55-51-47-43-39-34-30-26-22-18-14-10-6-2/h21,23,25,27-28,32-37,39-42,46,54,58,77-79,84H,5-20,22,24,26,29-31,38,43-45,47-53,55-57,59-76H2,1-4H3,(H,89,90)(H,91,92)/b25-21-,27-23-,32-28-,37-33-,39-34-,40-35-,41-36-,46-42-,58-54-/t77-,78-,79-/m1/s1. The van der Waals surface area contributed by atoms with E-state index in [0.717, 1.165) is 148 Å². The van der Waals surface area contributed by atoms with Crippen molar-refractivity contribution in [2.45, 2.75) is 354 Å². The molecule has 0 radical (unpaired) electrons. The molecule has 0 saturated heterocycles. The quantitative estimate of drug-likeness (QED) is 0.0128. The number of allylic oxidation sites excluding steroid dienone is 18. The molecule has 588 valence electrons. The van der Waals surface area contributed by atoms with Gasteiger partial charge in [0, 0.05) is 25.7 Å². The summed E-state index contributed by atoms with van der Waals surface area (Å²) >= 11 is 0. The molecule has 0 rings (SSSR count). The Labute approximate surface area is 619 Å². The van der Waals surface area contributed by atoms with Gasteiger partial charge in [0.25, 0.3) is 0 Å². The molecule has 17 nitrogen and oxygen atoms in total. The zero-order valence-corrected chi connectivity index (χ0v) is 66.0. The maximum Gasteiger partial charge on any atom is 0.472 e.